The minimum Gasteiger partial charge on any atom is -0.354 e. The van der Waals surface area contributed by atoms with Crippen LogP contribution in [-0.4, -0.2) is 43.9 Å². The second kappa shape index (κ2) is 7.04. The van der Waals surface area contributed by atoms with Gasteiger partial charge in [0.2, 0.25) is 10.0 Å². The van der Waals surface area contributed by atoms with Crippen molar-refractivity contribution < 1.29 is 30.4 Å². The molecule has 1 aliphatic rings. The summed E-state index contributed by atoms with van der Waals surface area (Å²) in [6.45, 7) is 0.160. The van der Waals surface area contributed by atoms with Crippen LogP contribution in [0.5, 0.6) is 0 Å². The Kier molecular flexibility index (Phi) is 5.08. The molecule has 1 aromatic heterocycles. The van der Waals surface area contributed by atoms with E-state index in [1.165, 1.54) is 4.90 Å². The molecule has 27 heavy (non-hydrogen) atoms. The van der Waals surface area contributed by atoms with E-state index in [2.05, 4.69) is 4.98 Å². The number of aromatic nitrogens is 1. The Balaban J connectivity index is 1.74. The summed E-state index contributed by atoms with van der Waals surface area (Å²) < 4.78 is 90.9. The Hall–Kier alpha value is -2.27. The topological polar surface area (TPSA) is 53.5 Å². The maximum Gasteiger partial charge on any atom is 0.416 e. The maximum atomic E-state index is 13.3. The summed E-state index contributed by atoms with van der Waals surface area (Å²) in [6.07, 6.45) is -3.46. The number of rotatable bonds is 3. The highest BCUT2D eigenvalue weighted by Gasteiger charge is 2.33. The highest BCUT2D eigenvalue weighted by molar-refractivity contribution is 7.89. The van der Waals surface area contributed by atoms with Gasteiger partial charge < -0.3 is 4.90 Å². The van der Waals surface area contributed by atoms with Crippen molar-refractivity contribution in [3.8, 4) is 0 Å². The van der Waals surface area contributed by atoms with Crippen LogP contribution in [0.2, 0.25) is 0 Å². The number of hydrogen-bond donors (Lipinski definition) is 0. The van der Waals surface area contributed by atoms with Crippen LogP contribution in [0.3, 0.4) is 0 Å². The number of sulfonamides is 1. The molecule has 146 valence electrons. The van der Waals surface area contributed by atoms with Gasteiger partial charge in [0.25, 0.3) is 0 Å². The first-order chi connectivity index (χ1) is 12.6. The zero-order valence-corrected chi connectivity index (χ0v) is 14.6. The molecule has 5 nitrogen and oxygen atoms in total. The average molecular weight is 407 g/mol. The van der Waals surface area contributed by atoms with E-state index < -0.39 is 33.4 Å². The van der Waals surface area contributed by atoms with Crippen molar-refractivity contribution in [1.82, 2.24) is 9.29 Å². The Morgan fingerprint density at radius 1 is 0.926 bits per heavy atom. The Morgan fingerprint density at radius 2 is 1.59 bits per heavy atom. The number of nitrogens with zero attached hydrogens (tertiary/aromatic N) is 3. The molecule has 3 rings (SSSR count). The minimum absolute atomic E-state index is 0.0285. The van der Waals surface area contributed by atoms with Crippen LogP contribution in [0.4, 0.5) is 27.8 Å². The molecule has 0 atom stereocenters. The zero-order valence-electron chi connectivity index (χ0n) is 13.7. The normalized spacial score (nSPS) is 16.6. The van der Waals surface area contributed by atoms with Gasteiger partial charge in [0.05, 0.1) is 10.5 Å². The highest BCUT2D eigenvalue weighted by atomic mass is 32.2. The van der Waals surface area contributed by atoms with Crippen LogP contribution < -0.4 is 4.90 Å². The molecule has 1 aromatic carbocycles. The summed E-state index contributed by atoms with van der Waals surface area (Å²) in [4.78, 5) is 5.06. The molecule has 0 radical (unpaired) electrons. The molecule has 1 fully saturated rings. The van der Waals surface area contributed by atoms with E-state index >= 15 is 0 Å². The van der Waals surface area contributed by atoms with Crippen LogP contribution in [0.25, 0.3) is 0 Å². The van der Waals surface area contributed by atoms with Gasteiger partial charge in [-0.05, 0) is 30.3 Å². The van der Waals surface area contributed by atoms with Gasteiger partial charge in [-0.15, -0.1) is 0 Å². The van der Waals surface area contributed by atoms with E-state index in [4.69, 9.17) is 0 Å². The van der Waals surface area contributed by atoms with Crippen molar-refractivity contribution in [3.63, 3.8) is 0 Å². The number of halogens is 5. The first-order valence-electron chi connectivity index (χ1n) is 7.82. The minimum atomic E-state index is -4.50. The van der Waals surface area contributed by atoms with Gasteiger partial charge in [-0.2, -0.15) is 17.5 Å². The predicted molar refractivity (Wildman–Crippen MR) is 86.6 cm³/mol. The van der Waals surface area contributed by atoms with E-state index in [0.29, 0.717) is 6.07 Å². The molecule has 0 N–H and O–H groups in total. The average Bonchev–Trinajstić information content (AvgIpc) is 2.63. The molecule has 0 amide bonds. The van der Waals surface area contributed by atoms with Crippen molar-refractivity contribution in [1.29, 1.82) is 0 Å². The number of anilines is 1. The smallest absolute Gasteiger partial charge is 0.354 e. The van der Waals surface area contributed by atoms with Gasteiger partial charge in [0.15, 0.2) is 11.6 Å². The van der Waals surface area contributed by atoms with Crippen molar-refractivity contribution in [2.24, 2.45) is 0 Å². The quantitative estimate of drug-likeness (QED) is 0.735. The molecule has 1 saturated heterocycles. The van der Waals surface area contributed by atoms with E-state index in [1.54, 1.807) is 0 Å². The zero-order chi connectivity index (χ0) is 19.8. The largest absolute Gasteiger partial charge is 0.416 e. The third-order valence-electron chi connectivity index (χ3n) is 4.16. The van der Waals surface area contributed by atoms with Gasteiger partial charge in [-0.1, -0.05) is 0 Å². The maximum absolute atomic E-state index is 13.3. The SMILES string of the molecule is O=S(=O)(c1ccc(F)c(F)c1)N1CCN(c2cc(C(F)(F)F)ccn2)CC1. The van der Waals surface area contributed by atoms with Crippen LogP contribution in [0.1, 0.15) is 5.56 Å². The van der Waals surface area contributed by atoms with Gasteiger partial charge in [-0.25, -0.2) is 22.2 Å². The van der Waals surface area contributed by atoms with Crippen molar-refractivity contribution >= 4 is 15.8 Å². The number of pyridine rings is 1. The van der Waals surface area contributed by atoms with Gasteiger partial charge in [0.1, 0.15) is 5.82 Å². The first-order valence-corrected chi connectivity index (χ1v) is 9.26. The van der Waals surface area contributed by atoms with Gasteiger partial charge >= 0.3 is 6.18 Å². The van der Waals surface area contributed by atoms with E-state index in [1.807, 2.05) is 0 Å². The second-order valence-electron chi connectivity index (χ2n) is 5.87. The number of benzene rings is 1. The van der Waals surface area contributed by atoms with Crippen LogP contribution in [-0.2, 0) is 16.2 Å². The van der Waals surface area contributed by atoms with Gasteiger partial charge in [-0.3, -0.25) is 0 Å². The third kappa shape index (κ3) is 4.03. The lowest BCUT2D eigenvalue weighted by Gasteiger charge is -2.34. The summed E-state index contributed by atoms with van der Waals surface area (Å²) in [6, 6.07) is 4.05. The molecule has 0 spiro atoms. The molecule has 0 aliphatic carbocycles. The number of alkyl halides is 3. The van der Waals surface area contributed by atoms with Crippen LogP contribution >= 0.6 is 0 Å². The molecule has 0 bridgehead atoms. The van der Waals surface area contributed by atoms with E-state index in [9.17, 15) is 30.4 Å². The summed E-state index contributed by atoms with van der Waals surface area (Å²) in [5, 5.41) is 0. The Bertz CT molecular complexity index is 941. The summed E-state index contributed by atoms with van der Waals surface area (Å²) >= 11 is 0. The predicted octanol–water partition coefficient (Wildman–Crippen LogP) is 2.89. The fourth-order valence-electron chi connectivity index (χ4n) is 2.71. The van der Waals surface area contributed by atoms with Crippen molar-refractivity contribution in [3.05, 3.63) is 53.7 Å². The number of hydrogen-bond acceptors (Lipinski definition) is 4. The third-order valence-corrected chi connectivity index (χ3v) is 6.06. The standard InChI is InChI=1S/C16H14F5N3O2S/c17-13-2-1-12(10-14(13)18)27(25,26)24-7-5-23(6-8-24)15-9-11(3-4-22-15)16(19,20)21/h1-4,9-10H,5-8H2. The fraction of sp³-hybridized carbons (Fsp3) is 0.312. The van der Waals surface area contributed by atoms with Gasteiger partial charge in [0, 0.05) is 32.4 Å². The molecule has 1 aliphatic heterocycles. The lowest BCUT2D eigenvalue weighted by atomic mass is 10.2. The lowest BCUT2D eigenvalue weighted by Crippen LogP contribution is -2.49. The van der Waals surface area contributed by atoms with Crippen LogP contribution in [0.15, 0.2) is 41.4 Å². The van der Waals surface area contributed by atoms with Crippen LogP contribution in [0, 0.1) is 11.6 Å². The molecule has 2 aromatic rings. The molecule has 2 heterocycles. The summed E-state index contributed by atoms with van der Waals surface area (Å²) in [5.41, 5.74) is -0.843. The highest BCUT2D eigenvalue weighted by Crippen LogP contribution is 2.31. The molecule has 11 heteroatoms. The summed E-state index contributed by atoms with van der Waals surface area (Å²) in [7, 11) is -4.04. The van der Waals surface area contributed by atoms with E-state index in [-0.39, 0.29) is 36.9 Å². The Labute approximate surface area is 152 Å². The summed E-state index contributed by atoms with van der Waals surface area (Å²) in [5.74, 6) is -2.34. The molecular weight excluding hydrogens is 393 g/mol. The van der Waals surface area contributed by atoms with Crippen molar-refractivity contribution in [2.75, 3.05) is 31.1 Å². The number of piperazine rings is 1. The fourth-order valence-corrected chi connectivity index (χ4v) is 4.15. The molecule has 0 unspecified atom stereocenters. The molecule has 0 saturated carbocycles. The van der Waals surface area contributed by atoms with Crippen molar-refractivity contribution in [2.45, 2.75) is 11.1 Å². The molecular formula is C16H14F5N3O2S. The first kappa shape index (κ1) is 19.5. The monoisotopic (exact) mass is 407 g/mol. The van der Waals surface area contributed by atoms with E-state index in [0.717, 1.165) is 34.8 Å². The Morgan fingerprint density at radius 3 is 2.19 bits per heavy atom. The lowest BCUT2D eigenvalue weighted by molar-refractivity contribution is -0.137. The second-order valence-corrected chi connectivity index (χ2v) is 7.81.